The molecule has 3 aromatic rings. The molecule has 3 rings (SSSR count). The third-order valence-electron chi connectivity index (χ3n) is 3.85. The van der Waals surface area contributed by atoms with Gasteiger partial charge in [0, 0.05) is 27.5 Å². The maximum Gasteiger partial charge on any atom is 0.256 e. The quantitative estimate of drug-likeness (QED) is 0.607. The van der Waals surface area contributed by atoms with E-state index in [0.717, 1.165) is 4.47 Å². The Kier molecular flexibility index (Phi) is 5.88. The van der Waals surface area contributed by atoms with Crippen LogP contribution in [0.5, 0.6) is 5.75 Å². The topological polar surface area (TPSA) is 67.4 Å². The predicted octanol–water partition coefficient (Wildman–Crippen LogP) is 4.96. The van der Waals surface area contributed by atoms with Gasteiger partial charge in [0.2, 0.25) is 0 Å². The van der Waals surface area contributed by atoms with Crippen LogP contribution in [0.4, 0.5) is 11.4 Å². The Hall–Kier alpha value is -3.12. The summed E-state index contributed by atoms with van der Waals surface area (Å²) < 4.78 is 5.86. The smallest absolute Gasteiger partial charge is 0.256 e. The van der Waals surface area contributed by atoms with Gasteiger partial charge in [0.15, 0.2) is 0 Å². The first kappa shape index (κ1) is 18.7. The average molecular weight is 425 g/mol. The molecule has 0 saturated carbocycles. The standard InChI is InChI=1S/C21H17BrN2O3/c1-27-17-6-4-5-16(13-17)24-20(25)14-9-11-15(12-10-14)23-21(26)18-7-2-3-8-19(18)22/h2-13H,1H3,(H,23,26)(H,24,25). The van der Waals surface area contributed by atoms with Gasteiger partial charge in [-0.15, -0.1) is 0 Å². The van der Waals surface area contributed by atoms with E-state index in [1.165, 1.54) is 0 Å². The van der Waals surface area contributed by atoms with E-state index in [4.69, 9.17) is 4.74 Å². The first-order valence-corrected chi connectivity index (χ1v) is 8.97. The molecule has 0 spiro atoms. The van der Waals surface area contributed by atoms with Crippen molar-refractivity contribution in [2.45, 2.75) is 0 Å². The molecule has 5 nitrogen and oxygen atoms in total. The minimum absolute atomic E-state index is 0.226. The summed E-state index contributed by atoms with van der Waals surface area (Å²) in [4.78, 5) is 24.7. The summed E-state index contributed by atoms with van der Waals surface area (Å²) in [6.45, 7) is 0. The van der Waals surface area contributed by atoms with E-state index in [2.05, 4.69) is 26.6 Å². The van der Waals surface area contributed by atoms with Crippen molar-refractivity contribution in [3.8, 4) is 5.75 Å². The molecule has 0 fully saturated rings. The van der Waals surface area contributed by atoms with Gasteiger partial charge in [-0.1, -0.05) is 18.2 Å². The molecule has 0 radical (unpaired) electrons. The lowest BCUT2D eigenvalue weighted by Crippen LogP contribution is -2.14. The molecule has 2 amide bonds. The van der Waals surface area contributed by atoms with Crippen LogP contribution >= 0.6 is 15.9 Å². The summed E-state index contributed by atoms with van der Waals surface area (Å²) in [5.74, 6) is 0.195. The van der Waals surface area contributed by atoms with Gasteiger partial charge in [0.25, 0.3) is 11.8 Å². The number of nitrogens with one attached hydrogen (secondary N) is 2. The highest BCUT2D eigenvalue weighted by Crippen LogP contribution is 2.20. The second-order valence-electron chi connectivity index (χ2n) is 5.70. The van der Waals surface area contributed by atoms with Gasteiger partial charge in [-0.2, -0.15) is 0 Å². The summed E-state index contributed by atoms with van der Waals surface area (Å²) in [7, 11) is 1.57. The van der Waals surface area contributed by atoms with Gasteiger partial charge in [-0.05, 0) is 64.5 Å². The number of hydrogen-bond donors (Lipinski definition) is 2. The molecule has 0 bridgehead atoms. The van der Waals surface area contributed by atoms with Crippen LogP contribution in [0.1, 0.15) is 20.7 Å². The number of halogens is 1. The van der Waals surface area contributed by atoms with Crippen LogP contribution in [-0.2, 0) is 0 Å². The minimum atomic E-state index is -0.244. The van der Waals surface area contributed by atoms with Gasteiger partial charge in [0.1, 0.15) is 5.75 Å². The Labute approximate surface area is 165 Å². The zero-order valence-electron chi connectivity index (χ0n) is 14.5. The molecule has 0 atom stereocenters. The largest absolute Gasteiger partial charge is 0.497 e. The van der Waals surface area contributed by atoms with Crippen LogP contribution in [0.15, 0.2) is 77.3 Å². The number of rotatable bonds is 5. The Morgan fingerprint density at radius 1 is 0.815 bits per heavy atom. The van der Waals surface area contributed by atoms with E-state index in [9.17, 15) is 9.59 Å². The van der Waals surface area contributed by atoms with Crippen molar-refractivity contribution in [3.63, 3.8) is 0 Å². The molecule has 2 N–H and O–H groups in total. The third-order valence-corrected chi connectivity index (χ3v) is 4.54. The van der Waals surface area contributed by atoms with E-state index in [-0.39, 0.29) is 11.8 Å². The van der Waals surface area contributed by atoms with Crippen molar-refractivity contribution in [1.82, 2.24) is 0 Å². The lowest BCUT2D eigenvalue weighted by Gasteiger charge is -2.09. The summed E-state index contributed by atoms with van der Waals surface area (Å²) in [5.41, 5.74) is 2.27. The van der Waals surface area contributed by atoms with Gasteiger partial charge >= 0.3 is 0 Å². The lowest BCUT2D eigenvalue weighted by atomic mass is 10.1. The molecule has 6 heteroatoms. The zero-order valence-corrected chi connectivity index (χ0v) is 16.1. The van der Waals surface area contributed by atoms with Crippen molar-refractivity contribution in [2.24, 2.45) is 0 Å². The fourth-order valence-electron chi connectivity index (χ4n) is 2.45. The second-order valence-corrected chi connectivity index (χ2v) is 6.55. The fraction of sp³-hybridized carbons (Fsp3) is 0.0476. The number of amides is 2. The van der Waals surface area contributed by atoms with Gasteiger partial charge in [-0.25, -0.2) is 0 Å². The maximum atomic E-state index is 12.4. The number of methoxy groups -OCH3 is 1. The third kappa shape index (κ3) is 4.74. The number of hydrogen-bond acceptors (Lipinski definition) is 3. The Morgan fingerprint density at radius 3 is 2.22 bits per heavy atom. The van der Waals surface area contributed by atoms with E-state index in [1.807, 2.05) is 6.07 Å². The molecule has 0 aliphatic rings. The molecular weight excluding hydrogens is 408 g/mol. The Morgan fingerprint density at radius 2 is 1.52 bits per heavy atom. The van der Waals surface area contributed by atoms with Crippen LogP contribution in [0.25, 0.3) is 0 Å². The monoisotopic (exact) mass is 424 g/mol. The summed E-state index contributed by atoms with van der Waals surface area (Å²) >= 11 is 3.36. The maximum absolute atomic E-state index is 12.4. The molecule has 136 valence electrons. The molecule has 0 aromatic heterocycles. The van der Waals surface area contributed by atoms with Crippen LogP contribution in [0, 0.1) is 0 Å². The zero-order chi connectivity index (χ0) is 19.2. The van der Waals surface area contributed by atoms with Crippen LogP contribution in [-0.4, -0.2) is 18.9 Å². The van der Waals surface area contributed by atoms with Crippen LogP contribution < -0.4 is 15.4 Å². The molecule has 0 unspecified atom stereocenters. The highest BCUT2D eigenvalue weighted by atomic mass is 79.9. The van der Waals surface area contributed by atoms with E-state index < -0.39 is 0 Å². The normalized spacial score (nSPS) is 10.1. The first-order chi connectivity index (χ1) is 13.1. The average Bonchev–Trinajstić information content (AvgIpc) is 2.69. The highest BCUT2D eigenvalue weighted by molar-refractivity contribution is 9.10. The minimum Gasteiger partial charge on any atom is -0.497 e. The van der Waals surface area contributed by atoms with E-state index in [0.29, 0.717) is 28.3 Å². The number of ether oxygens (including phenoxy) is 1. The summed E-state index contributed by atoms with van der Waals surface area (Å²) in [6, 6.07) is 21.0. The summed E-state index contributed by atoms with van der Waals surface area (Å²) in [6.07, 6.45) is 0. The van der Waals surface area contributed by atoms with Gasteiger partial charge in [0.05, 0.1) is 12.7 Å². The molecule has 3 aromatic carbocycles. The van der Waals surface area contributed by atoms with Crippen molar-refractivity contribution in [3.05, 3.63) is 88.4 Å². The van der Waals surface area contributed by atoms with Gasteiger partial charge < -0.3 is 15.4 Å². The number of carbonyl (C=O) groups excluding carboxylic acids is 2. The highest BCUT2D eigenvalue weighted by Gasteiger charge is 2.11. The van der Waals surface area contributed by atoms with Crippen LogP contribution in [0.2, 0.25) is 0 Å². The molecule has 27 heavy (non-hydrogen) atoms. The number of benzene rings is 3. The van der Waals surface area contributed by atoms with Crippen molar-refractivity contribution >= 4 is 39.1 Å². The van der Waals surface area contributed by atoms with E-state index in [1.54, 1.807) is 73.8 Å². The molecule has 0 saturated heterocycles. The predicted molar refractivity (Wildman–Crippen MR) is 109 cm³/mol. The molecule has 0 heterocycles. The molecule has 0 aliphatic carbocycles. The lowest BCUT2D eigenvalue weighted by molar-refractivity contribution is 0.101. The molecular formula is C21H17BrN2O3. The van der Waals surface area contributed by atoms with E-state index >= 15 is 0 Å². The first-order valence-electron chi connectivity index (χ1n) is 8.18. The Bertz CT molecular complexity index is 971. The van der Waals surface area contributed by atoms with Crippen LogP contribution in [0.3, 0.4) is 0 Å². The SMILES string of the molecule is COc1cccc(NC(=O)c2ccc(NC(=O)c3ccccc3Br)cc2)c1. The fourth-order valence-corrected chi connectivity index (χ4v) is 2.92. The number of carbonyl (C=O) groups is 2. The van der Waals surface area contributed by atoms with Gasteiger partial charge in [-0.3, -0.25) is 9.59 Å². The van der Waals surface area contributed by atoms with Crippen molar-refractivity contribution in [2.75, 3.05) is 17.7 Å². The molecule has 0 aliphatic heterocycles. The Balaban J connectivity index is 1.67. The van der Waals surface area contributed by atoms with Crippen molar-refractivity contribution < 1.29 is 14.3 Å². The second kappa shape index (κ2) is 8.51. The summed E-state index contributed by atoms with van der Waals surface area (Å²) in [5, 5.41) is 5.63. The number of anilines is 2. The van der Waals surface area contributed by atoms with Crippen molar-refractivity contribution in [1.29, 1.82) is 0 Å².